The third kappa shape index (κ3) is 6.33. The first-order chi connectivity index (χ1) is 13.4. The minimum Gasteiger partial charge on any atom is -0.549 e. The van der Waals surface area contributed by atoms with E-state index in [-0.39, 0.29) is 54.0 Å². The van der Waals surface area contributed by atoms with E-state index >= 15 is 0 Å². The van der Waals surface area contributed by atoms with Gasteiger partial charge in [0.25, 0.3) is 0 Å². The summed E-state index contributed by atoms with van der Waals surface area (Å²) in [6.07, 6.45) is 2.70. The van der Waals surface area contributed by atoms with Gasteiger partial charge in [0.2, 0.25) is 5.91 Å². The van der Waals surface area contributed by atoms with Crippen LogP contribution in [0, 0.1) is 0 Å². The number of carbonyl (C=O) groups excluding carboxylic acids is 2. The summed E-state index contributed by atoms with van der Waals surface area (Å²) in [5, 5.41) is 14.6. The molecule has 5 nitrogen and oxygen atoms in total. The first kappa shape index (κ1) is 23.5. The molecule has 29 heavy (non-hydrogen) atoms. The molecule has 0 heterocycles. The average molecular weight is 403 g/mol. The van der Waals surface area contributed by atoms with Gasteiger partial charge >= 0.3 is 29.6 Å². The molecule has 0 saturated carbocycles. The molecular weight excluding hydrogens is 377 g/mol. The number of benzene rings is 2. The van der Waals surface area contributed by atoms with E-state index in [9.17, 15) is 14.7 Å². The van der Waals surface area contributed by atoms with Crippen molar-refractivity contribution < 1.29 is 49.0 Å². The molecule has 6 heteroatoms. The zero-order chi connectivity index (χ0) is 20.1. The van der Waals surface area contributed by atoms with Gasteiger partial charge in [-0.3, -0.25) is 4.79 Å². The van der Waals surface area contributed by atoms with Crippen LogP contribution in [0.25, 0.3) is 0 Å². The number of ether oxygens (including phenoxy) is 1. The maximum Gasteiger partial charge on any atom is 1.00 e. The molecular formula is C23H26NNaO4. The summed E-state index contributed by atoms with van der Waals surface area (Å²) in [6, 6.07) is 14.6. The van der Waals surface area contributed by atoms with Gasteiger partial charge in [-0.15, -0.1) is 0 Å². The molecule has 1 N–H and O–H groups in total. The van der Waals surface area contributed by atoms with Crippen LogP contribution in [0.3, 0.4) is 0 Å². The quantitative estimate of drug-likeness (QED) is 0.655. The molecule has 0 fully saturated rings. The Morgan fingerprint density at radius 2 is 1.90 bits per heavy atom. The Labute approximate surface area is 194 Å². The molecule has 1 amide bonds. The molecule has 2 aromatic carbocycles. The van der Waals surface area contributed by atoms with Crippen LogP contribution in [0.1, 0.15) is 61.8 Å². The van der Waals surface area contributed by atoms with Crippen LogP contribution in [0.2, 0.25) is 0 Å². The monoisotopic (exact) mass is 403 g/mol. The Balaban J connectivity index is 0.00000300. The molecule has 148 valence electrons. The molecule has 2 aromatic rings. The van der Waals surface area contributed by atoms with Crippen molar-refractivity contribution in [3.63, 3.8) is 0 Å². The van der Waals surface area contributed by atoms with Crippen molar-refractivity contribution in [3.05, 3.63) is 65.2 Å². The van der Waals surface area contributed by atoms with Gasteiger partial charge in [0.05, 0.1) is 12.1 Å². The predicted octanol–water partition coefficient (Wildman–Crippen LogP) is -0.105. The number of rotatable bonds is 7. The van der Waals surface area contributed by atoms with Crippen molar-refractivity contribution in [1.82, 2.24) is 5.32 Å². The molecule has 3 rings (SSSR count). The number of aliphatic carboxylic acids is 1. The first-order valence-electron chi connectivity index (χ1n) is 9.78. The van der Waals surface area contributed by atoms with Crippen molar-refractivity contribution in [2.24, 2.45) is 0 Å². The van der Waals surface area contributed by atoms with E-state index in [1.165, 1.54) is 5.56 Å². The molecule has 1 unspecified atom stereocenters. The summed E-state index contributed by atoms with van der Waals surface area (Å²) < 4.78 is 5.79. The zero-order valence-electron chi connectivity index (χ0n) is 17.3. The van der Waals surface area contributed by atoms with Crippen LogP contribution in [0.15, 0.2) is 48.5 Å². The van der Waals surface area contributed by atoms with E-state index in [1.807, 2.05) is 32.0 Å². The minimum atomic E-state index is -1.24. The smallest absolute Gasteiger partial charge is 0.549 e. The second-order valence-electron chi connectivity index (χ2n) is 7.53. The second-order valence-corrected chi connectivity index (χ2v) is 7.53. The van der Waals surface area contributed by atoms with Crippen molar-refractivity contribution in [2.75, 3.05) is 0 Å². The first-order valence-corrected chi connectivity index (χ1v) is 9.78. The number of nitrogens with one attached hydrogen (secondary N) is 1. The number of fused-ring (bicyclic) bond motifs is 1. The van der Waals surface area contributed by atoms with E-state index in [1.54, 1.807) is 24.3 Å². The largest absolute Gasteiger partial charge is 1.00 e. The molecule has 0 spiro atoms. The van der Waals surface area contributed by atoms with Gasteiger partial charge in [-0.05, 0) is 61.9 Å². The molecule has 1 aliphatic carbocycles. The van der Waals surface area contributed by atoms with Crippen LogP contribution >= 0.6 is 0 Å². The molecule has 0 saturated heterocycles. The number of amides is 1. The molecule has 2 atom stereocenters. The van der Waals surface area contributed by atoms with Gasteiger partial charge in [0, 0.05) is 18.3 Å². The summed E-state index contributed by atoms with van der Waals surface area (Å²) in [7, 11) is 0. The van der Waals surface area contributed by atoms with Gasteiger partial charge in [0.1, 0.15) is 5.75 Å². The summed E-state index contributed by atoms with van der Waals surface area (Å²) in [5.74, 6) is -1.70. The Kier molecular flexibility index (Phi) is 8.75. The fourth-order valence-corrected chi connectivity index (χ4v) is 3.73. The van der Waals surface area contributed by atoms with Gasteiger partial charge in [-0.25, -0.2) is 0 Å². The molecule has 1 aliphatic rings. The standard InChI is InChI=1S/C23H27NO4.Na/c1-15(2)28-18-12-11-17-9-6-10-21(19(17)13-18)24-22(25)14-20(23(26)27)16-7-4-3-5-8-16;/h3-5,7-8,11-13,15,20-21H,6,9-10,14H2,1-2H3,(H,24,25)(H,26,27);/q;+1/p-1/t20?,21-;/m0./s1. The Morgan fingerprint density at radius 3 is 2.55 bits per heavy atom. The van der Waals surface area contributed by atoms with Crippen molar-refractivity contribution in [1.29, 1.82) is 0 Å². The van der Waals surface area contributed by atoms with Crippen LogP contribution in [-0.4, -0.2) is 18.0 Å². The van der Waals surface area contributed by atoms with E-state index in [2.05, 4.69) is 11.4 Å². The molecule has 0 bridgehead atoms. The molecule has 0 radical (unpaired) electrons. The number of carbonyl (C=O) groups is 2. The van der Waals surface area contributed by atoms with Crippen molar-refractivity contribution in [3.8, 4) is 5.75 Å². The second kappa shape index (κ2) is 10.8. The topological polar surface area (TPSA) is 78.5 Å². The van der Waals surface area contributed by atoms with Crippen molar-refractivity contribution >= 4 is 11.9 Å². The van der Waals surface area contributed by atoms with Gasteiger partial charge in [-0.1, -0.05) is 36.4 Å². The maximum absolute atomic E-state index is 12.6. The third-order valence-electron chi connectivity index (χ3n) is 5.01. The number of carboxylic acids is 1. The third-order valence-corrected chi connectivity index (χ3v) is 5.01. The fourth-order valence-electron chi connectivity index (χ4n) is 3.73. The number of aryl methyl sites for hydroxylation is 1. The van der Waals surface area contributed by atoms with E-state index in [0.717, 1.165) is 30.6 Å². The van der Waals surface area contributed by atoms with Crippen LogP contribution < -0.4 is 44.7 Å². The van der Waals surface area contributed by atoms with E-state index < -0.39 is 11.9 Å². The Bertz CT molecular complexity index is 838. The maximum atomic E-state index is 12.6. The molecule has 0 aromatic heterocycles. The average Bonchev–Trinajstić information content (AvgIpc) is 2.66. The zero-order valence-corrected chi connectivity index (χ0v) is 19.3. The summed E-state index contributed by atoms with van der Waals surface area (Å²) >= 11 is 0. The minimum absolute atomic E-state index is 0. The van der Waals surface area contributed by atoms with Gasteiger partial charge < -0.3 is 20.0 Å². The van der Waals surface area contributed by atoms with Crippen LogP contribution in [0.4, 0.5) is 0 Å². The van der Waals surface area contributed by atoms with Gasteiger partial charge in [0.15, 0.2) is 0 Å². The SMILES string of the molecule is CC(C)Oc1ccc2c(c1)[C@@H](NC(=O)CC(C(=O)[O-])c1ccccc1)CCC2.[Na+]. The number of carboxylic acid groups (broad SMARTS) is 1. The summed E-state index contributed by atoms with van der Waals surface area (Å²) in [4.78, 5) is 24.2. The summed E-state index contributed by atoms with van der Waals surface area (Å²) in [6.45, 7) is 3.95. The molecule has 0 aliphatic heterocycles. The summed E-state index contributed by atoms with van der Waals surface area (Å²) in [5.41, 5.74) is 2.84. The van der Waals surface area contributed by atoms with E-state index in [0.29, 0.717) is 5.56 Å². The predicted molar refractivity (Wildman–Crippen MR) is 105 cm³/mol. The van der Waals surface area contributed by atoms with E-state index in [4.69, 9.17) is 4.74 Å². The van der Waals surface area contributed by atoms with Crippen molar-refractivity contribution in [2.45, 2.75) is 57.6 Å². The fraction of sp³-hybridized carbons (Fsp3) is 0.391. The van der Waals surface area contributed by atoms with Gasteiger partial charge in [-0.2, -0.15) is 0 Å². The van der Waals surface area contributed by atoms with Crippen LogP contribution in [0.5, 0.6) is 5.75 Å². The number of hydrogen-bond donors (Lipinski definition) is 1. The Morgan fingerprint density at radius 1 is 1.17 bits per heavy atom. The van der Waals surface area contributed by atoms with Crippen LogP contribution in [-0.2, 0) is 16.0 Å². The Hall–Kier alpha value is -1.82. The normalized spacial score (nSPS) is 16.3. The number of hydrogen-bond acceptors (Lipinski definition) is 4.